The van der Waals surface area contributed by atoms with Crippen molar-refractivity contribution in [1.29, 1.82) is 0 Å². The summed E-state index contributed by atoms with van der Waals surface area (Å²) in [6.07, 6.45) is 1.84. The lowest BCUT2D eigenvalue weighted by molar-refractivity contribution is 0.0693. The quantitative estimate of drug-likeness (QED) is 0.782. The Bertz CT molecular complexity index is 361. The molecule has 0 aromatic heterocycles. The largest absolute Gasteiger partial charge is 0.496 e. The third-order valence-corrected chi connectivity index (χ3v) is 2.72. The highest BCUT2D eigenvalue weighted by Crippen LogP contribution is 2.28. The first-order chi connectivity index (χ1) is 6.60. The Hall–Kier alpha value is -1.16. The van der Waals surface area contributed by atoms with E-state index in [4.69, 9.17) is 9.84 Å². The highest BCUT2D eigenvalue weighted by molar-refractivity contribution is 7.98. The molecule has 76 valence electrons. The number of carboxylic acids is 1. The van der Waals surface area contributed by atoms with Gasteiger partial charge in [0.2, 0.25) is 0 Å². The first-order valence-electron chi connectivity index (χ1n) is 4.06. The Balaban J connectivity index is 3.31. The van der Waals surface area contributed by atoms with Gasteiger partial charge >= 0.3 is 5.97 Å². The molecule has 1 aromatic carbocycles. The number of ether oxygens (including phenoxy) is 1. The van der Waals surface area contributed by atoms with Crippen molar-refractivity contribution in [2.24, 2.45) is 0 Å². The van der Waals surface area contributed by atoms with Gasteiger partial charge in [-0.1, -0.05) is 0 Å². The molecule has 0 amide bonds. The van der Waals surface area contributed by atoms with E-state index < -0.39 is 5.97 Å². The fourth-order valence-corrected chi connectivity index (χ4v) is 1.82. The monoisotopic (exact) mass is 212 g/mol. The number of carboxylic acid groups (broad SMARTS) is 1. The van der Waals surface area contributed by atoms with Gasteiger partial charge in [-0.3, -0.25) is 0 Å². The summed E-state index contributed by atoms with van der Waals surface area (Å²) in [5.41, 5.74) is 1.17. The van der Waals surface area contributed by atoms with E-state index in [1.807, 2.05) is 13.2 Å². The van der Waals surface area contributed by atoms with Crippen LogP contribution in [0.1, 0.15) is 15.9 Å². The summed E-state index contributed by atoms with van der Waals surface area (Å²) in [6, 6.07) is 3.39. The fourth-order valence-electron chi connectivity index (χ4n) is 1.23. The second kappa shape index (κ2) is 4.37. The summed E-state index contributed by atoms with van der Waals surface area (Å²) in [5.74, 6) is -0.181. The number of hydrogen-bond acceptors (Lipinski definition) is 3. The van der Waals surface area contributed by atoms with Gasteiger partial charge in [-0.15, -0.1) is 11.8 Å². The van der Waals surface area contributed by atoms with E-state index in [9.17, 15) is 4.79 Å². The van der Waals surface area contributed by atoms with Gasteiger partial charge in [-0.25, -0.2) is 4.79 Å². The minimum atomic E-state index is -0.903. The van der Waals surface area contributed by atoms with E-state index in [2.05, 4.69) is 0 Å². The second-order valence-corrected chi connectivity index (χ2v) is 3.68. The summed E-state index contributed by atoms with van der Waals surface area (Å²) < 4.78 is 5.12. The molecule has 0 aliphatic carbocycles. The van der Waals surface area contributed by atoms with Gasteiger partial charge < -0.3 is 9.84 Å². The number of methoxy groups -OCH3 is 1. The molecule has 0 heterocycles. The summed E-state index contributed by atoms with van der Waals surface area (Å²) >= 11 is 1.40. The second-order valence-electron chi connectivity index (χ2n) is 2.83. The van der Waals surface area contributed by atoms with Crippen LogP contribution in [0.25, 0.3) is 0 Å². The maximum atomic E-state index is 10.9. The fraction of sp³-hybridized carbons (Fsp3) is 0.300. The Morgan fingerprint density at radius 1 is 1.50 bits per heavy atom. The molecule has 4 heteroatoms. The van der Waals surface area contributed by atoms with Gasteiger partial charge in [0.25, 0.3) is 0 Å². The maximum Gasteiger partial charge on any atom is 0.336 e. The molecule has 0 radical (unpaired) electrons. The van der Waals surface area contributed by atoms with Crippen molar-refractivity contribution in [3.8, 4) is 5.75 Å². The van der Waals surface area contributed by atoms with Crippen molar-refractivity contribution in [3.63, 3.8) is 0 Å². The molecule has 0 bridgehead atoms. The molecular weight excluding hydrogens is 200 g/mol. The third-order valence-electron chi connectivity index (χ3n) is 1.95. The lowest BCUT2D eigenvalue weighted by atomic mass is 10.1. The minimum Gasteiger partial charge on any atom is -0.496 e. The predicted molar refractivity (Wildman–Crippen MR) is 56.5 cm³/mol. The molecule has 0 aliphatic heterocycles. The molecule has 0 fully saturated rings. The number of hydrogen-bond donors (Lipinski definition) is 1. The van der Waals surface area contributed by atoms with Crippen molar-refractivity contribution >= 4 is 17.7 Å². The lowest BCUT2D eigenvalue weighted by Gasteiger charge is -2.09. The number of carbonyl (C=O) groups is 1. The van der Waals surface area contributed by atoms with E-state index >= 15 is 0 Å². The van der Waals surface area contributed by atoms with Crippen molar-refractivity contribution in [3.05, 3.63) is 23.3 Å². The van der Waals surface area contributed by atoms with Crippen molar-refractivity contribution in [2.75, 3.05) is 13.4 Å². The van der Waals surface area contributed by atoms with Gasteiger partial charge in [0, 0.05) is 4.90 Å². The van der Waals surface area contributed by atoms with Crippen LogP contribution in [0.2, 0.25) is 0 Å². The molecule has 1 rings (SSSR count). The molecule has 0 spiro atoms. The summed E-state index contributed by atoms with van der Waals surface area (Å²) in [4.78, 5) is 11.6. The highest BCUT2D eigenvalue weighted by atomic mass is 32.2. The number of aromatic carboxylic acids is 1. The Morgan fingerprint density at radius 2 is 2.14 bits per heavy atom. The average Bonchev–Trinajstić information content (AvgIpc) is 2.17. The number of aryl methyl sites for hydroxylation is 1. The normalized spacial score (nSPS) is 9.93. The molecule has 0 saturated heterocycles. The van der Waals surface area contributed by atoms with Crippen molar-refractivity contribution in [2.45, 2.75) is 11.8 Å². The van der Waals surface area contributed by atoms with Crippen LogP contribution in [0, 0.1) is 6.92 Å². The molecule has 0 aliphatic rings. The van der Waals surface area contributed by atoms with Crippen LogP contribution in [0.5, 0.6) is 5.75 Å². The first kappa shape index (κ1) is 10.9. The van der Waals surface area contributed by atoms with E-state index in [0.717, 1.165) is 16.2 Å². The molecule has 0 atom stereocenters. The van der Waals surface area contributed by atoms with Crippen molar-refractivity contribution in [1.82, 2.24) is 0 Å². The predicted octanol–water partition coefficient (Wildman–Crippen LogP) is 2.42. The van der Waals surface area contributed by atoms with Gasteiger partial charge in [0.15, 0.2) is 0 Å². The van der Waals surface area contributed by atoms with Gasteiger partial charge in [0.1, 0.15) is 5.75 Å². The zero-order valence-electron chi connectivity index (χ0n) is 8.33. The molecular formula is C10H12O3S. The Morgan fingerprint density at radius 3 is 2.57 bits per heavy atom. The SMILES string of the molecule is COc1cc(SC)c(C(=O)O)cc1C. The van der Waals surface area contributed by atoms with Gasteiger partial charge in [-0.2, -0.15) is 0 Å². The third kappa shape index (κ3) is 2.01. The van der Waals surface area contributed by atoms with Crippen LogP contribution < -0.4 is 4.74 Å². The number of thioether (sulfide) groups is 1. The lowest BCUT2D eigenvalue weighted by Crippen LogP contribution is -2.00. The van der Waals surface area contributed by atoms with Crippen molar-refractivity contribution < 1.29 is 14.6 Å². The first-order valence-corrected chi connectivity index (χ1v) is 5.28. The molecule has 1 aromatic rings. The molecule has 0 saturated carbocycles. The van der Waals surface area contributed by atoms with Crippen LogP contribution in [0.4, 0.5) is 0 Å². The van der Waals surface area contributed by atoms with Crippen LogP contribution in [0.3, 0.4) is 0 Å². The highest BCUT2D eigenvalue weighted by Gasteiger charge is 2.12. The van der Waals surface area contributed by atoms with Crippen LogP contribution in [-0.2, 0) is 0 Å². The Labute approximate surface area is 87.1 Å². The van der Waals surface area contributed by atoms with Crippen LogP contribution in [-0.4, -0.2) is 24.4 Å². The maximum absolute atomic E-state index is 10.9. The smallest absolute Gasteiger partial charge is 0.336 e. The van der Waals surface area contributed by atoms with E-state index in [1.54, 1.807) is 19.2 Å². The van der Waals surface area contributed by atoms with Crippen LogP contribution >= 0.6 is 11.8 Å². The molecule has 0 unspecified atom stereocenters. The Kier molecular flexibility index (Phi) is 3.41. The molecule has 3 nitrogen and oxygen atoms in total. The number of benzene rings is 1. The topological polar surface area (TPSA) is 46.5 Å². The standard InChI is InChI=1S/C10H12O3S/c1-6-4-7(10(11)12)9(14-3)5-8(6)13-2/h4-5H,1-3H3,(H,11,12). The number of rotatable bonds is 3. The summed E-state index contributed by atoms with van der Waals surface area (Å²) in [5, 5.41) is 8.93. The van der Waals surface area contributed by atoms with Crippen LogP contribution in [0.15, 0.2) is 17.0 Å². The summed E-state index contributed by atoms with van der Waals surface area (Å²) in [7, 11) is 1.58. The zero-order valence-corrected chi connectivity index (χ0v) is 9.14. The van der Waals surface area contributed by atoms with E-state index in [0.29, 0.717) is 5.56 Å². The van der Waals surface area contributed by atoms with E-state index in [1.165, 1.54) is 11.8 Å². The zero-order chi connectivity index (χ0) is 10.7. The average molecular weight is 212 g/mol. The molecule has 1 N–H and O–H groups in total. The summed E-state index contributed by atoms with van der Waals surface area (Å²) in [6.45, 7) is 1.83. The van der Waals surface area contributed by atoms with E-state index in [-0.39, 0.29) is 0 Å². The molecule has 14 heavy (non-hydrogen) atoms. The minimum absolute atomic E-state index is 0.329. The van der Waals surface area contributed by atoms with Gasteiger partial charge in [-0.05, 0) is 30.9 Å². The van der Waals surface area contributed by atoms with Gasteiger partial charge in [0.05, 0.1) is 12.7 Å².